The minimum atomic E-state index is -4.91. The molecule has 0 aromatic heterocycles. The quantitative estimate of drug-likeness (QED) is 0.430. The molecule has 0 saturated heterocycles. The third-order valence-corrected chi connectivity index (χ3v) is 3.98. The van der Waals surface area contributed by atoms with Gasteiger partial charge in [0.2, 0.25) is 11.8 Å². The average Bonchev–Trinajstić information content (AvgIpc) is 2.66. The molecule has 5 N–H and O–H groups in total. The lowest BCUT2D eigenvalue weighted by atomic mass is 10.0. The molecule has 0 aliphatic carbocycles. The van der Waals surface area contributed by atoms with Crippen molar-refractivity contribution < 1.29 is 27.6 Å². The first-order valence-electron chi connectivity index (χ1n) is 8.81. The standard InChI is InChI=1S/C18H25F3N4O3/c1-23-16(27)14(11-12-7-3-2-4-8-12)25-15(26)13(22)9-5-6-10-24-17(28)18(19,20)21/h2-4,7-8,13-14H,5-6,9-11,22H2,1H3,(H,23,27)(H,24,28)(H,25,26)/t13-,14-/m0/s1. The largest absolute Gasteiger partial charge is 0.471 e. The Morgan fingerprint density at radius 2 is 1.71 bits per heavy atom. The summed E-state index contributed by atoms with van der Waals surface area (Å²) < 4.78 is 36.1. The Labute approximate surface area is 161 Å². The molecule has 0 spiro atoms. The molecule has 156 valence electrons. The molecule has 0 aliphatic heterocycles. The number of hydrogen-bond donors (Lipinski definition) is 4. The van der Waals surface area contributed by atoms with Crippen molar-refractivity contribution in [1.29, 1.82) is 0 Å². The zero-order chi connectivity index (χ0) is 21.2. The minimum Gasteiger partial charge on any atom is -0.357 e. The van der Waals surface area contributed by atoms with Gasteiger partial charge in [-0.05, 0) is 24.8 Å². The molecule has 2 atom stereocenters. The lowest BCUT2D eigenvalue weighted by Gasteiger charge is -2.20. The van der Waals surface area contributed by atoms with Gasteiger partial charge >= 0.3 is 12.1 Å². The van der Waals surface area contributed by atoms with Crippen LogP contribution in [0.5, 0.6) is 0 Å². The van der Waals surface area contributed by atoms with Crippen molar-refractivity contribution in [2.45, 2.75) is 43.9 Å². The van der Waals surface area contributed by atoms with Crippen molar-refractivity contribution >= 4 is 17.7 Å². The number of unbranched alkanes of at least 4 members (excludes halogenated alkanes) is 1. The van der Waals surface area contributed by atoms with Gasteiger partial charge in [0, 0.05) is 20.0 Å². The number of rotatable bonds is 10. The number of likely N-dealkylation sites (N-methyl/N-ethyl adjacent to an activating group) is 1. The summed E-state index contributed by atoms with van der Waals surface area (Å²) in [6.07, 6.45) is -3.83. The molecule has 1 rings (SSSR count). The van der Waals surface area contributed by atoms with Crippen molar-refractivity contribution in [2.24, 2.45) is 5.73 Å². The predicted octanol–water partition coefficient (Wildman–Crippen LogP) is 0.636. The van der Waals surface area contributed by atoms with Gasteiger partial charge in [-0.15, -0.1) is 0 Å². The molecule has 0 heterocycles. The van der Waals surface area contributed by atoms with Gasteiger partial charge in [0.05, 0.1) is 6.04 Å². The number of carbonyl (C=O) groups is 3. The van der Waals surface area contributed by atoms with E-state index >= 15 is 0 Å². The molecule has 1 aromatic rings. The highest BCUT2D eigenvalue weighted by molar-refractivity contribution is 5.89. The summed E-state index contributed by atoms with van der Waals surface area (Å²) in [6.45, 7) is -0.165. The van der Waals surface area contributed by atoms with Crippen LogP contribution >= 0.6 is 0 Å². The Morgan fingerprint density at radius 1 is 1.07 bits per heavy atom. The van der Waals surface area contributed by atoms with Crippen molar-refractivity contribution in [3.63, 3.8) is 0 Å². The third kappa shape index (κ3) is 8.38. The van der Waals surface area contributed by atoms with E-state index < -0.39 is 30.1 Å². The molecule has 3 amide bonds. The van der Waals surface area contributed by atoms with E-state index in [0.717, 1.165) is 5.56 Å². The van der Waals surface area contributed by atoms with Crippen LogP contribution in [0.25, 0.3) is 0 Å². The monoisotopic (exact) mass is 402 g/mol. The highest BCUT2D eigenvalue weighted by Gasteiger charge is 2.38. The van der Waals surface area contributed by atoms with E-state index in [0.29, 0.717) is 12.8 Å². The average molecular weight is 402 g/mol. The fraction of sp³-hybridized carbons (Fsp3) is 0.500. The van der Waals surface area contributed by atoms with Crippen LogP contribution in [-0.2, 0) is 20.8 Å². The fourth-order valence-electron chi connectivity index (χ4n) is 2.43. The van der Waals surface area contributed by atoms with Gasteiger partial charge in [-0.25, -0.2) is 0 Å². The first kappa shape index (κ1) is 23.4. The van der Waals surface area contributed by atoms with E-state index in [9.17, 15) is 27.6 Å². The Morgan fingerprint density at radius 3 is 2.29 bits per heavy atom. The Hall–Kier alpha value is -2.62. The molecule has 10 heteroatoms. The summed E-state index contributed by atoms with van der Waals surface area (Å²) in [5.41, 5.74) is 6.67. The minimum absolute atomic E-state index is 0.165. The molecule has 0 fully saturated rings. The van der Waals surface area contributed by atoms with Gasteiger partial charge < -0.3 is 21.7 Å². The lowest BCUT2D eigenvalue weighted by Crippen LogP contribution is -2.52. The first-order valence-corrected chi connectivity index (χ1v) is 8.81. The van der Waals surface area contributed by atoms with E-state index in [2.05, 4.69) is 10.6 Å². The highest BCUT2D eigenvalue weighted by atomic mass is 19.4. The third-order valence-electron chi connectivity index (χ3n) is 3.98. The maximum atomic E-state index is 12.2. The topological polar surface area (TPSA) is 113 Å². The summed E-state index contributed by atoms with van der Waals surface area (Å²) in [4.78, 5) is 34.9. The number of hydrogen-bond acceptors (Lipinski definition) is 4. The number of nitrogens with two attached hydrogens (primary N) is 1. The van der Waals surface area contributed by atoms with Gasteiger partial charge in [-0.1, -0.05) is 30.3 Å². The molecule has 0 radical (unpaired) electrons. The Balaban J connectivity index is 2.43. The van der Waals surface area contributed by atoms with Crippen LogP contribution < -0.4 is 21.7 Å². The Bertz CT molecular complexity index is 653. The maximum Gasteiger partial charge on any atom is 0.471 e. The van der Waals surface area contributed by atoms with Crippen molar-refractivity contribution in [3.8, 4) is 0 Å². The Kier molecular flexibility index (Phi) is 9.43. The first-order chi connectivity index (χ1) is 13.1. The normalized spacial score (nSPS) is 13.3. The van der Waals surface area contributed by atoms with Crippen LogP contribution in [0.4, 0.5) is 13.2 Å². The molecule has 7 nitrogen and oxygen atoms in total. The van der Waals surface area contributed by atoms with Gasteiger partial charge in [0.1, 0.15) is 6.04 Å². The molecule has 0 aliphatic rings. The van der Waals surface area contributed by atoms with Gasteiger partial charge in [-0.2, -0.15) is 13.2 Å². The van der Waals surface area contributed by atoms with Gasteiger partial charge in [0.25, 0.3) is 0 Å². The van der Waals surface area contributed by atoms with Crippen molar-refractivity contribution in [1.82, 2.24) is 16.0 Å². The zero-order valence-electron chi connectivity index (χ0n) is 15.5. The number of carbonyl (C=O) groups excluding carboxylic acids is 3. The fourth-order valence-corrected chi connectivity index (χ4v) is 2.43. The number of alkyl halides is 3. The van der Waals surface area contributed by atoms with E-state index in [1.165, 1.54) is 7.05 Å². The molecule has 0 saturated carbocycles. The van der Waals surface area contributed by atoms with E-state index in [1.54, 1.807) is 5.32 Å². The van der Waals surface area contributed by atoms with Crippen molar-refractivity contribution in [3.05, 3.63) is 35.9 Å². The number of halogens is 3. The molecular formula is C18H25F3N4O3. The predicted molar refractivity (Wildman–Crippen MR) is 97.0 cm³/mol. The van der Waals surface area contributed by atoms with E-state index in [-0.39, 0.29) is 25.3 Å². The summed E-state index contributed by atoms with van der Waals surface area (Å²) in [7, 11) is 1.46. The second-order valence-corrected chi connectivity index (χ2v) is 6.22. The summed E-state index contributed by atoms with van der Waals surface area (Å²) >= 11 is 0. The summed E-state index contributed by atoms with van der Waals surface area (Å²) in [5.74, 6) is -2.88. The van der Waals surface area contributed by atoms with Crippen molar-refractivity contribution in [2.75, 3.05) is 13.6 Å². The number of nitrogens with one attached hydrogen (secondary N) is 3. The van der Waals surface area contributed by atoms with Crippen LogP contribution in [0.3, 0.4) is 0 Å². The molecule has 0 bridgehead atoms. The van der Waals surface area contributed by atoms with Gasteiger partial charge in [0.15, 0.2) is 0 Å². The summed E-state index contributed by atoms with van der Waals surface area (Å²) in [6, 6.07) is 7.43. The van der Waals surface area contributed by atoms with E-state index in [1.807, 2.05) is 30.3 Å². The smallest absolute Gasteiger partial charge is 0.357 e. The number of amides is 3. The van der Waals surface area contributed by atoms with Gasteiger partial charge in [-0.3, -0.25) is 14.4 Å². The van der Waals surface area contributed by atoms with Crippen LogP contribution in [0.1, 0.15) is 24.8 Å². The molecule has 1 aromatic carbocycles. The van der Waals surface area contributed by atoms with Crippen LogP contribution in [0.15, 0.2) is 30.3 Å². The second-order valence-electron chi connectivity index (χ2n) is 6.22. The highest BCUT2D eigenvalue weighted by Crippen LogP contribution is 2.14. The van der Waals surface area contributed by atoms with Crippen LogP contribution in [0, 0.1) is 0 Å². The second kappa shape index (κ2) is 11.3. The maximum absolute atomic E-state index is 12.2. The number of benzene rings is 1. The van der Waals surface area contributed by atoms with E-state index in [4.69, 9.17) is 5.73 Å². The lowest BCUT2D eigenvalue weighted by molar-refractivity contribution is -0.173. The SMILES string of the molecule is CNC(=O)[C@H](Cc1ccccc1)NC(=O)[C@@H](N)CCCCNC(=O)C(F)(F)F. The molecular weight excluding hydrogens is 377 g/mol. The van der Waals surface area contributed by atoms with Crippen LogP contribution in [-0.4, -0.2) is 49.6 Å². The zero-order valence-corrected chi connectivity index (χ0v) is 15.5. The molecule has 28 heavy (non-hydrogen) atoms. The molecule has 0 unspecified atom stereocenters. The van der Waals surface area contributed by atoms with Crippen LogP contribution in [0.2, 0.25) is 0 Å². The summed E-state index contributed by atoms with van der Waals surface area (Å²) in [5, 5.41) is 6.84.